The molecule has 0 radical (unpaired) electrons. The topological polar surface area (TPSA) is 0 Å². The average molecular weight is 172 g/mol. The van der Waals surface area contributed by atoms with E-state index in [1.54, 1.807) is 0 Å². The monoisotopic (exact) mass is 172 g/mol. The highest BCUT2D eigenvalue weighted by Crippen LogP contribution is 1.81. The van der Waals surface area contributed by atoms with Gasteiger partial charge in [0.25, 0.3) is 0 Å². The third kappa shape index (κ3) is 1360. The van der Waals surface area contributed by atoms with Crippen molar-refractivity contribution in [2.75, 3.05) is 0 Å². The Morgan fingerprint density at radius 2 is 1.08 bits per heavy atom. The Hall–Kier alpha value is -0.260. The molecule has 0 saturated heterocycles. The maximum atomic E-state index is 3.56. The number of unbranched alkanes of at least 4 members (excludes halogenated alkanes) is 1. The predicted octanol–water partition coefficient (Wildman–Crippen LogP) is 5.05. The van der Waals surface area contributed by atoms with Crippen LogP contribution in [0, 0.1) is 5.92 Å². The Morgan fingerprint density at radius 1 is 1.00 bits per heavy atom. The zero-order valence-corrected chi connectivity index (χ0v) is 10.2. The van der Waals surface area contributed by atoms with Crippen molar-refractivity contribution in [3.8, 4) is 0 Å². The second kappa shape index (κ2) is 17.0. The van der Waals surface area contributed by atoms with Crippen LogP contribution >= 0.6 is 0 Å². The van der Waals surface area contributed by atoms with E-state index < -0.39 is 0 Å². The molecule has 76 valence electrons. The first-order chi connectivity index (χ1) is 5.38. The molecular weight excluding hydrogens is 144 g/mol. The van der Waals surface area contributed by atoms with E-state index in [-0.39, 0.29) is 0 Å². The van der Waals surface area contributed by atoms with Gasteiger partial charge in [-0.1, -0.05) is 53.0 Å². The van der Waals surface area contributed by atoms with E-state index in [9.17, 15) is 0 Å². The van der Waals surface area contributed by atoms with Crippen LogP contribution in [-0.4, -0.2) is 0 Å². The number of hydrogen-bond acceptors (Lipinski definition) is 0. The average Bonchev–Trinajstić information content (AvgIpc) is 1.85. The first-order valence-corrected chi connectivity index (χ1v) is 5.00. The molecule has 0 aliphatic carbocycles. The lowest BCUT2D eigenvalue weighted by atomic mass is 10.3. The highest BCUT2D eigenvalue weighted by molar-refractivity contribution is 4.78. The summed E-state index contributed by atoms with van der Waals surface area (Å²) in [6.07, 6.45) is 2.64. The van der Waals surface area contributed by atoms with Gasteiger partial charge in [0.1, 0.15) is 0 Å². The summed E-state index contributed by atoms with van der Waals surface area (Å²) in [5.41, 5.74) is 1.17. The van der Waals surface area contributed by atoms with Crippen LogP contribution in [-0.2, 0) is 0 Å². The van der Waals surface area contributed by atoms with Gasteiger partial charge in [-0.15, -0.1) is 6.58 Å². The molecule has 0 aromatic rings. The molecule has 0 aliphatic heterocycles. The van der Waals surface area contributed by atoms with E-state index in [4.69, 9.17) is 0 Å². The van der Waals surface area contributed by atoms with Crippen LogP contribution in [0.2, 0.25) is 0 Å². The second-order valence-electron chi connectivity index (χ2n) is 3.94. The third-order valence-corrected chi connectivity index (χ3v) is 0.500. The highest BCUT2D eigenvalue weighted by Gasteiger charge is 1.68. The van der Waals surface area contributed by atoms with Gasteiger partial charge < -0.3 is 0 Å². The van der Waals surface area contributed by atoms with Crippen molar-refractivity contribution in [2.45, 2.75) is 61.3 Å². The van der Waals surface area contributed by atoms with Gasteiger partial charge in [-0.25, -0.2) is 0 Å². The van der Waals surface area contributed by atoms with Gasteiger partial charge in [0.15, 0.2) is 0 Å². The van der Waals surface area contributed by atoms with Gasteiger partial charge in [-0.2, -0.15) is 0 Å². The van der Waals surface area contributed by atoms with E-state index in [1.807, 2.05) is 13.8 Å². The fourth-order valence-electron chi connectivity index (χ4n) is 0. The van der Waals surface area contributed by atoms with E-state index in [1.165, 1.54) is 18.4 Å². The highest BCUT2D eigenvalue weighted by atomic mass is 13.7. The number of hydrogen-bond donors (Lipinski definition) is 0. The quantitative estimate of drug-likeness (QED) is 0.485. The Morgan fingerprint density at radius 3 is 1.08 bits per heavy atom. The van der Waals surface area contributed by atoms with Gasteiger partial charge in [0.05, 0.1) is 0 Å². The Balaban J connectivity index is -0.000000101. The molecule has 0 bridgehead atoms. The number of allylic oxidation sites excluding steroid dienone is 1. The van der Waals surface area contributed by atoms with Crippen LogP contribution in [0.5, 0.6) is 0 Å². The zero-order chi connectivity index (χ0) is 10.6. The minimum atomic E-state index is 0.833. The molecule has 0 heteroatoms. The lowest BCUT2D eigenvalue weighted by molar-refractivity contribution is 0.737. The summed E-state index contributed by atoms with van der Waals surface area (Å²) in [6.45, 7) is 18.4. The molecule has 0 nitrogen and oxygen atoms in total. The summed E-state index contributed by atoms with van der Waals surface area (Å²) in [7, 11) is 0. The minimum absolute atomic E-state index is 0.833. The van der Waals surface area contributed by atoms with Gasteiger partial charge >= 0.3 is 0 Å². The van der Waals surface area contributed by atoms with Gasteiger partial charge in [0.2, 0.25) is 0 Å². The van der Waals surface area contributed by atoms with Crippen molar-refractivity contribution >= 4 is 0 Å². The summed E-state index contributed by atoms with van der Waals surface area (Å²) >= 11 is 0. The van der Waals surface area contributed by atoms with Gasteiger partial charge in [-0.05, 0) is 19.8 Å². The molecule has 0 aromatic carbocycles. The fraction of sp³-hybridized carbons (Fsp3) is 0.833. The molecule has 0 heterocycles. The Kier molecular flexibility index (Phi) is 25.1. The molecule has 0 unspecified atom stereocenters. The van der Waals surface area contributed by atoms with Crippen molar-refractivity contribution in [1.29, 1.82) is 0 Å². The summed E-state index contributed by atoms with van der Waals surface area (Å²) in [4.78, 5) is 0. The van der Waals surface area contributed by atoms with Crippen molar-refractivity contribution in [3.05, 3.63) is 12.2 Å². The lowest BCUT2D eigenvalue weighted by Crippen LogP contribution is -1.66. The zero-order valence-electron chi connectivity index (χ0n) is 10.2. The molecule has 0 rings (SSSR count). The molecule has 0 spiro atoms. The summed E-state index contributed by atoms with van der Waals surface area (Å²) < 4.78 is 0. The van der Waals surface area contributed by atoms with E-state index in [0.717, 1.165) is 5.92 Å². The molecule has 0 N–H and O–H groups in total. The van der Waals surface area contributed by atoms with Crippen LogP contribution in [0.3, 0.4) is 0 Å². The standard InChI is InChI=1S/C4H10.C4H8.C4H10/c2*1-4(2)3;1-3-4-2/h4H,1-3H3;1H2,2-3H3;3-4H2,1-2H3. The molecule has 0 atom stereocenters. The van der Waals surface area contributed by atoms with Crippen LogP contribution in [0.25, 0.3) is 0 Å². The summed E-state index contributed by atoms with van der Waals surface area (Å²) in [6, 6.07) is 0. The van der Waals surface area contributed by atoms with E-state index in [0.29, 0.717) is 0 Å². The van der Waals surface area contributed by atoms with Gasteiger partial charge in [-0.3, -0.25) is 0 Å². The molecular formula is C12H28. The maximum absolute atomic E-state index is 3.56. The van der Waals surface area contributed by atoms with Crippen molar-refractivity contribution < 1.29 is 0 Å². The van der Waals surface area contributed by atoms with Crippen molar-refractivity contribution in [1.82, 2.24) is 0 Å². The largest absolute Gasteiger partial charge is 0.100 e. The molecule has 0 amide bonds. The van der Waals surface area contributed by atoms with Crippen molar-refractivity contribution in [2.24, 2.45) is 5.92 Å². The molecule has 0 saturated carbocycles. The smallest absolute Gasteiger partial charge is 0.0445 e. The summed E-state index contributed by atoms with van der Waals surface area (Å²) in [5.74, 6) is 0.833. The fourth-order valence-corrected chi connectivity index (χ4v) is 0. The van der Waals surface area contributed by atoms with Crippen LogP contribution in [0.1, 0.15) is 61.3 Å². The van der Waals surface area contributed by atoms with Gasteiger partial charge in [0, 0.05) is 0 Å². The van der Waals surface area contributed by atoms with E-state index in [2.05, 4.69) is 41.2 Å². The molecule has 0 aliphatic rings. The molecule has 0 aromatic heterocycles. The third-order valence-electron chi connectivity index (χ3n) is 0.500. The lowest BCUT2D eigenvalue weighted by Gasteiger charge is -1.79. The second-order valence-corrected chi connectivity index (χ2v) is 3.94. The van der Waals surface area contributed by atoms with Crippen LogP contribution in [0.15, 0.2) is 12.2 Å². The first kappa shape index (κ1) is 17.7. The maximum Gasteiger partial charge on any atom is -0.0445 e. The minimum Gasteiger partial charge on any atom is -0.100 e. The normalized spacial score (nSPS) is 7.67. The van der Waals surface area contributed by atoms with Crippen LogP contribution in [0.4, 0.5) is 0 Å². The molecule has 12 heavy (non-hydrogen) atoms. The Bertz CT molecular complexity index is 61.4. The predicted molar refractivity (Wildman–Crippen MR) is 61.6 cm³/mol. The van der Waals surface area contributed by atoms with Crippen LogP contribution < -0.4 is 0 Å². The number of rotatable bonds is 1. The summed E-state index contributed by atoms with van der Waals surface area (Å²) in [5, 5.41) is 0. The first-order valence-electron chi connectivity index (χ1n) is 5.00. The SMILES string of the molecule is C=C(C)C.CC(C)C.CCCC. The van der Waals surface area contributed by atoms with E-state index >= 15 is 0 Å². The molecule has 0 fully saturated rings. The van der Waals surface area contributed by atoms with Crippen molar-refractivity contribution in [3.63, 3.8) is 0 Å². The Labute approximate surface area is 80.1 Å².